The molecule has 132 valence electrons. The van der Waals surface area contributed by atoms with Crippen molar-refractivity contribution >= 4 is 52.5 Å². The van der Waals surface area contributed by atoms with Gasteiger partial charge in [0.1, 0.15) is 0 Å². The van der Waals surface area contributed by atoms with E-state index >= 15 is 0 Å². The van der Waals surface area contributed by atoms with Crippen LogP contribution in [-0.2, 0) is 14.3 Å². The van der Waals surface area contributed by atoms with Crippen molar-refractivity contribution in [2.75, 3.05) is 17.7 Å². The number of amides is 1. The molecule has 4 nitrogen and oxygen atoms in total. The second-order valence-corrected chi connectivity index (χ2v) is 7.26. The number of rotatable bonds is 7. The fourth-order valence-corrected chi connectivity index (χ4v) is 3.14. The van der Waals surface area contributed by atoms with Gasteiger partial charge < -0.3 is 10.1 Å². The van der Waals surface area contributed by atoms with E-state index in [4.69, 9.17) is 27.9 Å². The molecule has 0 fully saturated rings. The molecule has 2 aromatic carbocycles. The number of ether oxygens (including phenoxy) is 1. The van der Waals surface area contributed by atoms with E-state index in [1.807, 2.05) is 19.1 Å². The summed E-state index contributed by atoms with van der Waals surface area (Å²) in [5, 5.41) is 3.96. The Kier molecular flexibility index (Phi) is 7.62. The van der Waals surface area contributed by atoms with Crippen molar-refractivity contribution < 1.29 is 14.3 Å². The summed E-state index contributed by atoms with van der Waals surface area (Å²) in [6.07, 6.45) is 0.223. The molecule has 0 spiro atoms. The van der Waals surface area contributed by atoms with Gasteiger partial charge in [-0.15, -0.1) is 11.8 Å². The average molecular weight is 398 g/mol. The summed E-state index contributed by atoms with van der Waals surface area (Å²) in [6.45, 7) is 1.52. The minimum atomic E-state index is -0.413. The first kappa shape index (κ1) is 19.6. The number of thioether (sulfide) groups is 1. The number of hydrogen-bond donors (Lipinski definition) is 1. The van der Waals surface area contributed by atoms with Crippen LogP contribution < -0.4 is 5.32 Å². The Morgan fingerprint density at radius 1 is 1.08 bits per heavy atom. The van der Waals surface area contributed by atoms with Crippen molar-refractivity contribution in [3.63, 3.8) is 0 Å². The van der Waals surface area contributed by atoms with Gasteiger partial charge in [0.15, 0.2) is 6.61 Å². The standard InChI is InChI=1S/C18H17Cl2NO3S/c1-12-10-14(20)4-7-16(12)21-17(22)11-24-18(23)8-9-25-15-5-2-13(19)3-6-15/h2-7,10H,8-9,11H2,1H3,(H,21,22). The van der Waals surface area contributed by atoms with E-state index in [0.29, 0.717) is 21.5 Å². The molecule has 1 amide bonds. The fourth-order valence-electron chi connectivity index (χ4n) is 1.95. The molecule has 0 aromatic heterocycles. The minimum absolute atomic E-state index is 0.223. The zero-order chi connectivity index (χ0) is 18.2. The van der Waals surface area contributed by atoms with Gasteiger partial charge in [0, 0.05) is 26.4 Å². The number of carbonyl (C=O) groups is 2. The topological polar surface area (TPSA) is 55.4 Å². The number of esters is 1. The van der Waals surface area contributed by atoms with Gasteiger partial charge in [0.2, 0.25) is 0 Å². The maximum absolute atomic E-state index is 11.8. The van der Waals surface area contributed by atoms with Crippen molar-refractivity contribution in [3.8, 4) is 0 Å². The lowest BCUT2D eigenvalue weighted by Gasteiger charge is -2.09. The summed E-state index contributed by atoms with van der Waals surface area (Å²) in [4.78, 5) is 24.6. The lowest BCUT2D eigenvalue weighted by atomic mass is 10.2. The Morgan fingerprint density at radius 2 is 1.76 bits per heavy atom. The largest absolute Gasteiger partial charge is 0.456 e. The van der Waals surface area contributed by atoms with Crippen LogP contribution in [-0.4, -0.2) is 24.2 Å². The molecule has 0 atom stereocenters. The van der Waals surface area contributed by atoms with E-state index < -0.39 is 5.97 Å². The summed E-state index contributed by atoms with van der Waals surface area (Å²) in [7, 11) is 0. The predicted molar refractivity (Wildman–Crippen MR) is 103 cm³/mol. The summed E-state index contributed by atoms with van der Waals surface area (Å²) in [5.41, 5.74) is 1.48. The van der Waals surface area contributed by atoms with Gasteiger partial charge in [-0.2, -0.15) is 0 Å². The summed E-state index contributed by atoms with van der Waals surface area (Å²) >= 11 is 13.2. The van der Waals surface area contributed by atoms with E-state index in [1.54, 1.807) is 30.3 Å². The van der Waals surface area contributed by atoms with Crippen LogP contribution >= 0.6 is 35.0 Å². The van der Waals surface area contributed by atoms with Crippen molar-refractivity contribution in [2.45, 2.75) is 18.2 Å². The van der Waals surface area contributed by atoms with Crippen molar-refractivity contribution in [2.24, 2.45) is 0 Å². The molecule has 2 aromatic rings. The Bertz CT molecular complexity index is 750. The van der Waals surface area contributed by atoms with Crippen molar-refractivity contribution in [3.05, 3.63) is 58.1 Å². The first-order valence-corrected chi connectivity index (χ1v) is 9.28. The zero-order valence-electron chi connectivity index (χ0n) is 13.6. The quantitative estimate of drug-likeness (QED) is 0.529. The molecule has 0 aliphatic rings. The Morgan fingerprint density at radius 3 is 2.44 bits per heavy atom. The molecular formula is C18H17Cl2NO3S. The van der Waals surface area contributed by atoms with Gasteiger partial charge in [-0.05, 0) is 55.0 Å². The third-order valence-corrected chi connectivity index (χ3v) is 4.72. The second kappa shape index (κ2) is 9.70. The maximum atomic E-state index is 11.8. The number of aryl methyl sites for hydroxylation is 1. The molecule has 0 bridgehead atoms. The molecule has 0 radical (unpaired) electrons. The Hall–Kier alpha value is -1.69. The van der Waals surface area contributed by atoms with Crippen LogP contribution in [0.25, 0.3) is 0 Å². The lowest BCUT2D eigenvalue weighted by Crippen LogP contribution is -2.21. The molecule has 25 heavy (non-hydrogen) atoms. The molecule has 0 saturated heterocycles. The summed E-state index contributed by atoms with van der Waals surface area (Å²) < 4.78 is 4.99. The first-order chi connectivity index (χ1) is 11.9. The van der Waals surface area contributed by atoms with Gasteiger partial charge in [-0.3, -0.25) is 9.59 Å². The van der Waals surface area contributed by atoms with Crippen LogP contribution in [0.2, 0.25) is 10.0 Å². The number of anilines is 1. The highest BCUT2D eigenvalue weighted by atomic mass is 35.5. The van der Waals surface area contributed by atoms with E-state index in [9.17, 15) is 9.59 Å². The highest BCUT2D eigenvalue weighted by molar-refractivity contribution is 7.99. The van der Waals surface area contributed by atoms with Gasteiger partial charge in [-0.25, -0.2) is 0 Å². The summed E-state index contributed by atoms with van der Waals surface area (Å²) in [6, 6.07) is 12.5. The third kappa shape index (κ3) is 6.98. The maximum Gasteiger partial charge on any atom is 0.307 e. The van der Waals surface area contributed by atoms with Crippen LogP contribution in [0.5, 0.6) is 0 Å². The highest BCUT2D eigenvalue weighted by Crippen LogP contribution is 2.21. The second-order valence-electron chi connectivity index (χ2n) is 5.22. The SMILES string of the molecule is Cc1cc(Cl)ccc1NC(=O)COC(=O)CCSc1ccc(Cl)cc1. The molecule has 0 heterocycles. The number of halogens is 2. The number of nitrogens with one attached hydrogen (secondary N) is 1. The summed E-state index contributed by atoms with van der Waals surface area (Å²) in [5.74, 6) is -0.230. The van der Waals surface area contributed by atoms with Crippen LogP contribution in [0.3, 0.4) is 0 Å². The molecule has 0 aliphatic carbocycles. The van der Waals surface area contributed by atoms with Crippen molar-refractivity contribution in [1.29, 1.82) is 0 Å². The Labute approximate surface area is 160 Å². The normalized spacial score (nSPS) is 10.4. The number of carbonyl (C=O) groups excluding carboxylic acids is 2. The Balaban J connectivity index is 1.68. The fraction of sp³-hybridized carbons (Fsp3) is 0.222. The smallest absolute Gasteiger partial charge is 0.307 e. The first-order valence-electron chi connectivity index (χ1n) is 7.54. The number of hydrogen-bond acceptors (Lipinski definition) is 4. The van der Waals surface area contributed by atoms with Crippen LogP contribution in [0.1, 0.15) is 12.0 Å². The predicted octanol–water partition coefficient (Wildman–Crippen LogP) is 4.97. The average Bonchev–Trinajstić information content (AvgIpc) is 2.57. The third-order valence-electron chi connectivity index (χ3n) is 3.22. The van der Waals surface area contributed by atoms with Gasteiger partial charge in [0.25, 0.3) is 5.91 Å². The number of benzene rings is 2. The monoisotopic (exact) mass is 397 g/mol. The van der Waals surface area contributed by atoms with Gasteiger partial charge in [0.05, 0.1) is 6.42 Å². The zero-order valence-corrected chi connectivity index (χ0v) is 15.9. The molecular weight excluding hydrogens is 381 g/mol. The van der Waals surface area contributed by atoms with Gasteiger partial charge >= 0.3 is 5.97 Å². The molecule has 7 heteroatoms. The lowest BCUT2D eigenvalue weighted by molar-refractivity contribution is -0.146. The molecule has 2 rings (SSSR count). The van der Waals surface area contributed by atoms with E-state index in [-0.39, 0.29) is 18.9 Å². The highest BCUT2D eigenvalue weighted by Gasteiger charge is 2.09. The van der Waals surface area contributed by atoms with Gasteiger partial charge in [-0.1, -0.05) is 23.2 Å². The molecule has 0 aliphatic heterocycles. The minimum Gasteiger partial charge on any atom is -0.456 e. The molecule has 0 saturated carbocycles. The van der Waals surface area contributed by atoms with Crippen molar-refractivity contribution in [1.82, 2.24) is 0 Å². The molecule has 1 N–H and O–H groups in total. The van der Waals surface area contributed by atoms with Crippen LogP contribution in [0.15, 0.2) is 47.4 Å². The van der Waals surface area contributed by atoms with E-state index in [0.717, 1.165) is 10.5 Å². The van der Waals surface area contributed by atoms with Crippen LogP contribution in [0, 0.1) is 6.92 Å². The van der Waals surface area contributed by atoms with E-state index in [2.05, 4.69) is 5.32 Å². The van der Waals surface area contributed by atoms with E-state index in [1.165, 1.54) is 11.8 Å². The molecule has 0 unspecified atom stereocenters. The van der Waals surface area contributed by atoms with Crippen LogP contribution in [0.4, 0.5) is 5.69 Å².